The van der Waals surface area contributed by atoms with Crippen LogP contribution >= 0.6 is 22.6 Å². The van der Waals surface area contributed by atoms with Crippen LogP contribution in [0.5, 0.6) is 0 Å². The van der Waals surface area contributed by atoms with Gasteiger partial charge in [0.05, 0.1) is 24.5 Å². The van der Waals surface area contributed by atoms with E-state index >= 15 is 8.78 Å². The van der Waals surface area contributed by atoms with E-state index in [0.29, 0.717) is 17.2 Å². The molecule has 1 fully saturated rings. The van der Waals surface area contributed by atoms with Gasteiger partial charge in [0.15, 0.2) is 11.6 Å². The van der Waals surface area contributed by atoms with E-state index in [1.54, 1.807) is 36.4 Å². The predicted molar refractivity (Wildman–Crippen MR) is 144 cm³/mol. The van der Waals surface area contributed by atoms with Crippen LogP contribution in [0.1, 0.15) is 28.8 Å². The minimum atomic E-state index is -4.70. The smallest absolute Gasteiger partial charge is 0.277 e. The molecule has 1 aliphatic carbocycles. The van der Waals surface area contributed by atoms with Crippen LogP contribution in [0.15, 0.2) is 59.8 Å². The molecule has 9 nitrogen and oxygen atoms in total. The van der Waals surface area contributed by atoms with Crippen LogP contribution in [0, 0.1) is 21.1 Å². The maximum absolute atomic E-state index is 15.5. The maximum Gasteiger partial charge on any atom is 0.277 e. The third-order valence-corrected chi connectivity index (χ3v) is 8.35. The molecule has 0 aliphatic heterocycles. The van der Waals surface area contributed by atoms with E-state index in [1.807, 2.05) is 0 Å². The van der Waals surface area contributed by atoms with Crippen LogP contribution in [0.4, 0.5) is 20.2 Å². The molecule has 3 aromatic rings. The monoisotopic (exact) mass is 658 g/mol. The van der Waals surface area contributed by atoms with Gasteiger partial charge in [-0.2, -0.15) is 4.31 Å². The van der Waals surface area contributed by atoms with Crippen molar-refractivity contribution in [2.24, 2.45) is 5.92 Å². The van der Waals surface area contributed by atoms with Gasteiger partial charge in [-0.05, 0) is 89.4 Å². The molecule has 2 aromatic carbocycles. The lowest BCUT2D eigenvalue weighted by Gasteiger charge is -2.23. The fourth-order valence-corrected chi connectivity index (χ4v) is 5.42. The summed E-state index contributed by atoms with van der Waals surface area (Å²) in [7, 11) is -4.70. The van der Waals surface area contributed by atoms with Crippen LogP contribution in [-0.4, -0.2) is 48.5 Å². The number of carbonyl (C=O) groups is 1. The van der Waals surface area contributed by atoms with Crippen molar-refractivity contribution >= 4 is 49.9 Å². The second kappa shape index (κ2) is 12.4. The number of nitrogens with one attached hydrogen (secondary N) is 2. The van der Waals surface area contributed by atoms with Gasteiger partial charge in [0.1, 0.15) is 4.90 Å². The van der Waals surface area contributed by atoms with Crippen molar-refractivity contribution < 1.29 is 31.9 Å². The van der Waals surface area contributed by atoms with Gasteiger partial charge < -0.3 is 10.4 Å². The molecule has 0 bridgehead atoms. The van der Waals surface area contributed by atoms with E-state index in [0.717, 1.165) is 26.8 Å². The van der Waals surface area contributed by atoms with Crippen molar-refractivity contribution in [2.75, 3.05) is 25.1 Å². The molecule has 38 heavy (non-hydrogen) atoms. The third-order valence-electron chi connectivity index (χ3n) is 5.79. The molecule has 1 saturated carbocycles. The van der Waals surface area contributed by atoms with E-state index in [2.05, 4.69) is 38.4 Å². The number of halogens is 3. The lowest BCUT2D eigenvalue weighted by atomic mass is 10.1. The molecule has 1 heterocycles. The Morgan fingerprint density at radius 2 is 1.82 bits per heavy atom. The highest BCUT2D eigenvalue weighted by molar-refractivity contribution is 14.1. The van der Waals surface area contributed by atoms with Gasteiger partial charge in [0, 0.05) is 34.7 Å². The fourth-order valence-electron chi connectivity index (χ4n) is 3.56. The second-order valence-corrected chi connectivity index (χ2v) is 11.8. The number of sulfonamides is 1. The zero-order valence-corrected chi connectivity index (χ0v) is 23.0. The van der Waals surface area contributed by atoms with Gasteiger partial charge in [-0.1, -0.05) is 0 Å². The van der Waals surface area contributed by atoms with Gasteiger partial charge in [0.2, 0.25) is 10.0 Å². The van der Waals surface area contributed by atoms with Crippen molar-refractivity contribution in [3.8, 4) is 0 Å². The summed E-state index contributed by atoms with van der Waals surface area (Å²) in [5.41, 5.74) is 2.06. The van der Waals surface area contributed by atoms with Crippen LogP contribution < -0.4 is 10.8 Å². The number of hydrogen-bond donors (Lipinski definition) is 3. The quantitative estimate of drug-likeness (QED) is 0.199. The van der Waals surface area contributed by atoms with Crippen LogP contribution in [-0.2, 0) is 21.4 Å². The topological polar surface area (TPSA) is 121 Å². The Morgan fingerprint density at radius 3 is 2.45 bits per heavy atom. The van der Waals surface area contributed by atoms with Gasteiger partial charge in [0.25, 0.3) is 5.91 Å². The largest absolute Gasteiger partial charge is 0.395 e. The van der Waals surface area contributed by atoms with E-state index in [1.165, 1.54) is 12.4 Å². The lowest BCUT2D eigenvalue weighted by Crippen LogP contribution is -2.34. The summed E-state index contributed by atoms with van der Waals surface area (Å²) in [4.78, 5) is 21.1. The van der Waals surface area contributed by atoms with E-state index in [-0.39, 0.29) is 19.7 Å². The van der Waals surface area contributed by atoms with E-state index in [4.69, 9.17) is 4.84 Å². The zero-order chi connectivity index (χ0) is 27.3. The third kappa shape index (κ3) is 6.83. The number of amides is 1. The predicted octanol–water partition coefficient (Wildman–Crippen LogP) is 3.96. The standard InChI is InChI=1S/C25H25F2IN4O5S/c26-22-21(38(35,36)32(11-12-33)14-16-7-9-29-10-8-16)13-20(25(34)31-37-15-17-1-2-17)24(23(22)27)30-19-5-3-18(28)4-6-19/h3-10,13,17,30,33H,1-2,11-12,14-15H2,(H,31,34). The molecule has 0 atom stereocenters. The molecule has 1 aromatic heterocycles. The van der Waals surface area contributed by atoms with Gasteiger partial charge >= 0.3 is 0 Å². The fraction of sp³-hybridized carbons (Fsp3) is 0.280. The molecule has 4 rings (SSSR count). The summed E-state index contributed by atoms with van der Waals surface area (Å²) in [5.74, 6) is -3.85. The molecule has 1 aliphatic rings. The number of aliphatic hydroxyl groups is 1. The SMILES string of the molecule is O=C(NOCC1CC1)c1cc(S(=O)(=O)N(CCO)Cc2ccncc2)c(F)c(F)c1Nc1ccc(I)cc1. The Bertz CT molecular complexity index is 1390. The number of carbonyl (C=O) groups excluding carboxylic acids is 1. The van der Waals surface area contributed by atoms with E-state index < -0.39 is 50.3 Å². The number of hydrogen-bond acceptors (Lipinski definition) is 7. The lowest BCUT2D eigenvalue weighted by molar-refractivity contribution is 0.0270. The second-order valence-electron chi connectivity index (χ2n) is 8.66. The summed E-state index contributed by atoms with van der Waals surface area (Å²) in [5, 5.41) is 12.2. The van der Waals surface area contributed by atoms with Crippen molar-refractivity contribution in [3.63, 3.8) is 0 Å². The van der Waals surface area contributed by atoms with Crippen LogP contribution in [0.3, 0.4) is 0 Å². The van der Waals surface area contributed by atoms with Gasteiger partial charge in [-0.15, -0.1) is 0 Å². The minimum absolute atomic E-state index is 0.235. The molecule has 1 amide bonds. The summed E-state index contributed by atoms with van der Waals surface area (Å²) >= 11 is 2.08. The molecule has 0 radical (unpaired) electrons. The van der Waals surface area contributed by atoms with Gasteiger partial charge in [-0.25, -0.2) is 22.7 Å². The molecular formula is C25H25F2IN4O5S. The first-order valence-electron chi connectivity index (χ1n) is 11.7. The number of aromatic nitrogens is 1. The highest BCUT2D eigenvalue weighted by Gasteiger charge is 2.33. The summed E-state index contributed by atoms with van der Waals surface area (Å²) < 4.78 is 59.6. The Labute approximate surface area is 232 Å². The minimum Gasteiger partial charge on any atom is -0.395 e. The number of anilines is 2. The first-order valence-corrected chi connectivity index (χ1v) is 14.2. The van der Waals surface area contributed by atoms with E-state index in [9.17, 15) is 18.3 Å². The number of rotatable bonds is 12. The maximum atomic E-state index is 15.5. The average molecular weight is 658 g/mol. The molecule has 0 spiro atoms. The van der Waals surface area contributed by atoms with Crippen molar-refractivity contribution in [1.82, 2.24) is 14.8 Å². The number of hydroxylamine groups is 1. The number of aliphatic hydroxyl groups excluding tert-OH is 1. The molecule has 0 unspecified atom stereocenters. The normalized spacial score (nSPS) is 13.5. The first kappa shape index (κ1) is 28.3. The van der Waals surface area contributed by atoms with Crippen LogP contribution in [0.25, 0.3) is 0 Å². The molecular weight excluding hydrogens is 633 g/mol. The van der Waals surface area contributed by atoms with Gasteiger partial charge in [-0.3, -0.25) is 14.6 Å². The highest BCUT2D eigenvalue weighted by Crippen LogP contribution is 2.33. The Balaban J connectivity index is 1.75. The van der Waals surface area contributed by atoms with Crippen molar-refractivity contribution in [1.29, 1.82) is 0 Å². The zero-order valence-electron chi connectivity index (χ0n) is 20.0. The number of nitrogens with zero attached hydrogens (tertiary/aromatic N) is 2. The van der Waals surface area contributed by atoms with Crippen LogP contribution in [0.2, 0.25) is 0 Å². The summed E-state index contributed by atoms with van der Waals surface area (Å²) in [6, 6.07) is 10.5. The Morgan fingerprint density at radius 1 is 1.13 bits per heavy atom. The average Bonchev–Trinajstić information content (AvgIpc) is 3.73. The first-order chi connectivity index (χ1) is 18.2. The molecule has 13 heteroatoms. The Kier molecular flexibility index (Phi) is 9.25. The number of pyridine rings is 1. The number of benzene rings is 2. The van der Waals surface area contributed by atoms with Crippen molar-refractivity contribution in [2.45, 2.75) is 24.3 Å². The van der Waals surface area contributed by atoms with Crippen molar-refractivity contribution in [3.05, 3.63) is 81.2 Å². The summed E-state index contributed by atoms with van der Waals surface area (Å²) in [6.45, 7) is -0.943. The molecule has 3 N–H and O–H groups in total. The Hall–Kier alpha value is -2.72. The highest BCUT2D eigenvalue weighted by atomic mass is 127. The molecule has 0 saturated heterocycles. The molecule has 202 valence electrons. The summed E-state index contributed by atoms with van der Waals surface area (Å²) in [6.07, 6.45) is 4.82.